The Morgan fingerprint density at radius 2 is 1.13 bits per heavy atom. The van der Waals surface area contributed by atoms with Crippen LogP contribution in [-0.4, -0.2) is 11.2 Å². The van der Waals surface area contributed by atoms with E-state index in [0.717, 1.165) is 30.6 Å². The van der Waals surface area contributed by atoms with Crippen molar-refractivity contribution in [3.05, 3.63) is 60.2 Å². The zero-order valence-electron chi connectivity index (χ0n) is 19.1. The first-order chi connectivity index (χ1) is 14.8. The smallest absolute Gasteiger partial charge is 0.0580 e. The van der Waals surface area contributed by atoms with E-state index in [2.05, 4.69) is 48.6 Å². The Bertz CT molecular complexity index is 637. The van der Waals surface area contributed by atoms with Gasteiger partial charge in [0.05, 0.1) is 6.10 Å². The standard InChI is InChI=1S/C28H43NO/c1-2-3-4-5-6-7-8-9-10-11-12-16-19-28(30)24-25-20-22-27(23-21-25)29-26-17-14-13-15-18-26/h13-15,17-18,20-23,28-30H,2-12,16,19,24H2,1H3. The average Bonchev–Trinajstić information content (AvgIpc) is 2.76. The molecule has 0 spiro atoms. The first-order valence-corrected chi connectivity index (χ1v) is 12.4. The molecule has 0 fully saturated rings. The zero-order chi connectivity index (χ0) is 21.3. The predicted molar refractivity (Wildman–Crippen MR) is 132 cm³/mol. The van der Waals surface area contributed by atoms with E-state index in [-0.39, 0.29) is 6.10 Å². The Balaban J connectivity index is 1.47. The molecule has 2 N–H and O–H groups in total. The molecule has 1 atom stereocenters. The largest absolute Gasteiger partial charge is 0.393 e. The first kappa shape index (κ1) is 24.5. The molecular weight excluding hydrogens is 366 g/mol. The van der Waals surface area contributed by atoms with Crippen LogP contribution in [0.4, 0.5) is 11.4 Å². The van der Waals surface area contributed by atoms with E-state index >= 15 is 0 Å². The molecule has 0 amide bonds. The van der Waals surface area contributed by atoms with Gasteiger partial charge in [0.1, 0.15) is 0 Å². The minimum absolute atomic E-state index is 0.221. The Morgan fingerprint density at radius 3 is 1.70 bits per heavy atom. The minimum Gasteiger partial charge on any atom is -0.393 e. The van der Waals surface area contributed by atoms with E-state index in [4.69, 9.17) is 0 Å². The maximum Gasteiger partial charge on any atom is 0.0580 e. The highest BCUT2D eigenvalue weighted by molar-refractivity contribution is 5.59. The highest BCUT2D eigenvalue weighted by Gasteiger charge is 2.06. The maximum atomic E-state index is 10.4. The SMILES string of the molecule is CCCCCCCCCCCCCCC(O)Cc1ccc(Nc2ccccc2)cc1. The van der Waals surface area contributed by atoms with Crippen molar-refractivity contribution in [2.24, 2.45) is 0 Å². The normalized spacial score (nSPS) is 12.1. The van der Waals surface area contributed by atoms with Crippen LogP contribution in [0.1, 0.15) is 96.0 Å². The summed E-state index contributed by atoms with van der Waals surface area (Å²) in [6, 6.07) is 18.6. The molecule has 0 bridgehead atoms. The van der Waals surface area contributed by atoms with Gasteiger partial charge in [0.2, 0.25) is 0 Å². The van der Waals surface area contributed by atoms with E-state index in [0.29, 0.717) is 0 Å². The quantitative estimate of drug-likeness (QED) is 0.257. The van der Waals surface area contributed by atoms with E-state index in [1.165, 1.54) is 76.2 Å². The number of hydrogen-bond acceptors (Lipinski definition) is 2. The summed E-state index contributed by atoms with van der Waals surface area (Å²) in [7, 11) is 0. The van der Waals surface area contributed by atoms with Crippen molar-refractivity contribution >= 4 is 11.4 Å². The molecule has 1 unspecified atom stereocenters. The summed E-state index contributed by atoms with van der Waals surface area (Å²) in [5, 5.41) is 13.8. The maximum absolute atomic E-state index is 10.4. The van der Waals surface area contributed by atoms with Crippen molar-refractivity contribution < 1.29 is 5.11 Å². The third-order valence-corrected chi connectivity index (χ3v) is 5.88. The first-order valence-electron chi connectivity index (χ1n) is 12.4. The Labute approximate surface area is 185 Å². The van der Waals surface area contributed by atoms with Crippen molar-refractivity contribution in [1.82, 2.24) is 0 Å². The Morgan fingerprint density at radius 1 is 0.633 bits per heavy atom. The fraction of sp³-hybridized carbons (Fsp3) is 0.571. The number of benzene rings is 2. The van der Waals surface area contributed by atoms with Gasteiger partial charge in [0.15, 0.2) is 0 Å². The number of unbranched alkanes of at least 4 members (excludes halogenated alkanes) is 11. The monoisotopic (exact) mass is 409 g/mol. The molecule has 2 aromatic rings. The number of aliphatic hydroxyl groups excluding tert-OH is 1. The Hall–Kier alpha value is -1.80. The number of aliphatic hydroxyl groups is 1. The summed E-state index contributed by atoms with van der Waals surface area (Å²) in [5.74, 6) is 0. The molecule has 0 radical (unpaired) electrons. The van der Waals surface area contributed by atoms with Gasteiger partial charge in [0.25, 0.3) is 0 Å². The minimum atomic E-state index is -0.221. The van der Waals surface area contributed by atoms with E-state index in [1.807, 2.05) is 18.2 Å². The second kappa shape index (κ2) is 16.0. The van der Waals surface area contributed by atoms with Crippen LogP contribution < -0.4 is 5.32 Å². The van der Waals surface area contributed by atoms with Gasteiger partial charge in [-0.05, 0) is 42.7 Å². The molecule has 2 rings (SSSR count). The Kier molecular flexibility index (Phi) is 13.0. The lowest BCUT2D eigenvalue weighted by molar-refractivity contribution is 0.161. The summed E-state index contributed by atoms with van der Waals surface area (Å²) < 4.78 is 0. The van der Waals surface area contributed by atoms with Crippen molar-refractivity contribution in [2.75, 3.05) is 5.32 Å². The van der Waals surface area contributed by atoms with Crippen molar-refractivity contribution in [3.63, 3.8) is 0 Å². The lowest BCUT2D eigenvalue weighted by Gasteiger charge is -2.12. The highest BCUT2D eigenvalue weighted by atomic mass is 16.3. The number of para-hydroxylation sites is 1. The van der Waals surface area contributed by atoms with Gasteiger partial charge < -0.3 is 10.4 Å². The fourth-order valence-corrected chi connectivity index (χ4v) is 4.01. The molecule has 0 saturated heterocycles. The van der Waals surface area contributed by atoms with E-state index in [9.17, 15) is 5.11 Å². The van der Waals surface area contributed by atoms with Gasteiger partial charge in [-0.1, -0.05) is 114 Å². The van der Waals surface area contributed by atoms with Crippen molar-refractivity contribution in [2.45, 2.75) is 103 Å². The van der Waals surface area contributed by atoms with Crippen LogP contribution >= 0.6 is 0 Å². The number of hydrogen-bond donors (Lipinski definition) is 2. The molecule has 30 heavy (non-hydrogen) atoms. The van der Waals surface area contributed by atoms with Crippen LogP contribution in [0.25, 0.3) is 0 Å². The summed E-state index contributed by atoms with van der Waals surface area (Å²) >= 11 is 0. The summed E-state index contributed by atoms with van der Waals surface area (Å²) in [6.07, 6.45) is 17.8. The summed E-state index contributed by atoms with van der Waals surface area (Å²) in [4.78, 5) is 0. The number of anilines is 2. The zero-order valence-corrected chi connectivity index (χ0v) is 19.1. The second-order valence-electron chi connectivity index (χ2n) is 8.72. The van der Waals surface area contributed by atoms with Gasteiger partial charge in [0, 0.05) is 11.4 Å². The molecule has 0 aliphatic heterocycles. The third-order valence-electron chi connectivity index (χ3n) is 5.88. The molecular formula is C28H43NO. The van der Waals surface area contributed by atoms with Gasteiger partial charge >= 0.3 is 0 Å². The molecule has 0 aliphatic rings. The van der Waals surface area contributed by atoms with E-state index in [1.54, 1.807) is 0 Å². The van der Waals surface area contributed by atoms with Crippen LogP contribution in [0.5, 0.6) is 0 Å². The van der Waals surface area contributed by atoms with E-state index < -0.39 is 0 Å². The van der Waals surface area contributed by atoms with Gasteiger partial charge in [-0.2, -0.15) is 0 Å². The lowest BCUT2D eigenvalue weighted by atomic mass is 10.0. The van der Waals surface area contributed by atoms with Crippen LogP contribution in [0.2, 0.25) is 0 Å². The number of nitrogens with one attached hydrogen (secondary N) is 1. The van der Waals surface area contributed by atoms with Crippen LogP contribution in [0.15, 0.2) is 54.6 Å². The van der Waals surface area contributed by atoms with Crippen molar-refractivity contribution in [3.8, 4) is 0 Å². The number of rotatable bonds is 17. The average molecular weight is 410 g/mol. The van der Waals surface area contributed by atoms with Crippen LogP contribution in [0, 0.1) is 0 Å². The highest BCUT2D eigenvalue weighted by Crippen LogP contribution is 2.18. The molecule has 2 heteroatoms. The topological polar surface area (TPSA) is 32.3 Å². The molecule has 0 heterocycles. The molecule has 166 valence electrons. The molecule has 0 saturated carbocycles. The molecule has 0 aliphatic carbocycles. The molecule has 2 nitrogen and oxygen atoms in total. The van der Waals surface area contributed by atoms with Gasteiger partial charge in [-0.25, -0.2) is 0 Å². The predicted octanol–water partition coefficient (Wildman–Crippen LogP) is 8.42. The lowest BCUT2D eigenvalue weighted by Crippen LogP contribution is -2.10. The van der Waals surface area contributed by atoms with Crippen molar-refractivity contribution in [1.29, 1.82) is 0 Å². The fourth-order valence-electron chi connectivity index (χ4n) is 4.01. The molecule has 0 aromatic heterocycles. The summed E-state index contributed by atoms with van der Waals surface area (Å²) in [6.45, 7) is 2.28. The van der Waals surface area contributed by atoms with Crippen LogP contribution in [-0.2, 0) is 6.42 Å². The van der Waals surface area contributed by atoms with Gasteiger partial charge in [-0.3, -0.25) is 0 Å². The van der Waals surface area contributed by atoms with Crippen LogP contribution in [0.3, 0.4) is 0 Å². The second-order valence-corrected chi connectivity index (χ2v) is 8.72. The molecule has 2 aromatic carbocycles. The third kappa shape index (κ3) is 11.4. The summed E-state index contributed by atoms with van der Waals surface area (Å²) in [5.41, 5.74) is 3.39. The van der Waals surface area contributed by atoms with Gasteiger partial charge in [-0.15, -0.1) is 0 Å².